The molecule has 0 aliphatic rings. The molecule has 90 valence electrons. The van der Waals surface area contributed by atoms with Crippen molar-refractivity contribution in [3.63, 3.8) is 0 Å². The number of aromatic amines is 1. The van der Waals surface area contributed by atoms with Crippen molar-refractivity contribution in [2.75, 3.05) is 0 Å². The fourth-order valence-electron chi connectivity index (χ4n) is 2.05. The van der Waals surface area contributed by atoms with Crippen LogP contribution >= 0.6 is 0 Å². The number of para-hydroxylation sites is 2. The smallest absolute Gasteiger partial charge is 0.115 e. The van der Waals surface area contributed by atoms with Gasteiger partial charge in [0.05, 0.1) is 11.0 Å². The Morgan fingerprint density at radius 2 is 1.72 bits per heavy atom. The standard InChI is InChI=1S/C15H14N2O/c18-12-8-5-11(6-9-12)7-10-15-16-13-3-1-2-4-14(13)17-15/h1-6,8-9,18H,7,10H2,(H,16,17). The van der Waals surface area contributed by atoms with Gasteiger partial charge in [0.25, 0.3) is 0 Å². The molecular formula is C15H14N2O. The summed E-state index contributed by atoms with van der Waals surface area (Å²) in [6.07, 6.45) is 1.79. The Morgan fingerprint density at radius 1 is 0.944 bits per heavy atom. The number of nitrogens with one attached hydrogen (secondary N) is 1. The first-order valence-electron chi connectivity index (χ1n) is 6.03. The number of hydrogen-bond donors (Lipinski definition) is 2. The average Bonchev–Trinajstić information content (AvgIpc) is 2.81. The molecule has 0 atom stereocenters. The van der Waals surface area contributed by atoms with Crippen LogP contribution in [0.3, 0.4) is 0 Å². The number of aromatic hydroxyl groups is 1. The van der Waals surface area contributed by atoms with E-state index in [4.69, 9.17) is 0 Å². The molecule has 3 rings (SSSR count). The molecule has 2 N–H and O–H groups in total. The number of aromatic nitrogens is 2. The van der Waals surface area contributed by atoms with Crippen LogP contribution in [0.2, 0.25) is 0 Å². The normalized spacial score (nSPS) is 10.9. The molecule has 0 fully saturated rings. The third-order valence-electron chi connectivity index (χ3n) is 3.03. The SMILES string of the molecule is Oc1ccc(CCc2nc3ccccc3[nH]2)cc1. The molecule has 0 radical (unpaired) electrons. The highest BCUT2D eigenvalue weighted by molar-refractivity contribution is 5.74. The summed E-state index contributed by atoms with van der Waals surface area (Å²) in [4.78, 5) is 7.86. The van der Waals surface area contributed by atoms with Crippen molar-refractivity contribution in [2.45, 2.75) is 12.8 Å². The predicted octanol–water partition coefficient (Wildman–Crippen LogP) is 3.05. The number of imidazole rings is 1. The van der Waals surface area contributed by atoms with E-state index >= 15 is 0 Å². The zero-order valence-electron chi connectivity index (χ0n) is 9.93. The van der Waals surface area contributed by atoms with Gasteiger partial charge in [-0.3, -0.25) is 0 Å². The van der Waals surface area contributed by atoms with Gasteiger partial charge in [-0.25, -0.2) is 4.98 Å². The Labute approximate surface area is 105 Å². The third-order valence-corrected chi connectivity index (χ3v) is 3.03. The van der Waals surface area contributed by atoms with Crippen LogP contribution in [0, 0.1) is 0 Å². The summed E-state index contributed by atoms with van der Waals surface area (Å²) >= 11 is 0. The first kappa shape index (κ1) is 10.8. The first-order valence-corrected chi connectivity index (χ1v) is 6.03. The number of aryl methyl sites for hydroxylation is 2. The summed E-state index contributed by atoms with van der Waals surface area (Å²) in [5.41, 5.74) is 3.30. The number of benzene rings is 2. The van der Waals surface area contributed by atoms with Gasteiger partial charge in [-0.05, 0) is 36.2 Å². The van der Waals surface area contributed by atoms with Gasteiger partial charge >= 0.3 is 0 Å². The quantitative estimate of drug-likeness (QED) is 0.736. The highest BCUT2D eigenvalue weighted by atomic mass is 16.3. The second-order valence-electron chi connectivity index (χ2n) is 4.37. The predicted molar refractivity (Wildman–Crippen MR) is 71.6 cm³/mol. The minimum absolute atomic E-state index is 0.308. The number of nitrogens with zero attached hydrogens (tertiary/aromatic N) is 1. The van der Waals surface area contributed by atoms with Gasteiger partial charge in [0.15, 0.2) is 0 Å². The van der Waals surface area contributed by atoms with Crippen LogP contribution in [0.1, 0.15) is 11.4 Å². The topological polar surface area (TPSA) is 48.9 Å². The van der Waals surface area contributed by atoms with Crippen molar-refractivity contribution < 1.29 is 5.11 Å². The maximum absolute atomic E-state index is 9.22. The Balaban J connectivity index is 1.74. The largest absolute Gasteiger partial charge is 0.508 e. The lowest BCUT2D eigenvalue weighted by molar-refractivity contribution is 0.475. The van der Waals surface area contributed by atoms with Gasteiger partial charge in [-0.15, -0.1) is 0 Å². The summed E-state index contributed by atoms with van der Waals surface area (Å²) < 4.78 is 0. The number of fused-ring (bicyclic) bond motifs is 1. The highest BCUT2D eigenvalue weighted by Crippen LogP contribution is 2.14. The van der Waals surface area contributed by atoms with Crippen molar-refractivity contribution in [1.82, 2.24) is 9.97 Å². The van der Waals surface area contributed by atoms with Crippen molar-refractivity contribution in [2.24, 2.45) is 0 Å². The van der Waals surface area contributed by atoms with Crippen LogP contribution in [0.15, 0.2) is 48.5 Å². The van der Waals surface area contributed by atoms with E-state index in [1.54, 1.807) is 12.1 Å². The van der Waals surface area contributed by atoms with E-state index < -0.39 is 0 Å². The molecule has 0 aliphatic heterocycles. The van der Waals surface area contributed by atoms with E-state index in [0.717, 1.165) is 29.7 Å². The fraction of sp³-hybridized carbons (Fsp3) is 0.133. The average molecular weight is 238 g/mol. The molecule has 3 heteroatoms. The molecule has 0 aliphatic carbocycles. The lowest BCUT2D eigenvalue weighted by Gasteiger charge is -1.99. The lowest BCUT2D eigenvalue weighted by Crippen LogP contribution is -1.92. The van der Waals surface area contributed by atoms with E-state index in [2.05, 4.69) is 9.97 Å². The van der Waals surface area contributed by atoms with E-state index in [1.807, 2.05) is 36.4 Å². The summed E-state index contributed by atoms with van der Waals surface area (Å²) in [5, 5.41) is 9.22. The monoisotopic (exact) mass is 238 g/mol. The van der Waals surface area contributed by atoms with E-state index in [1.165, 1.54) is 5.56 Å². The number of H-pyrrole nitrogens is 1. The van der Waals surface area contributed by atoms with E-state index in [-0.39, 0.29) is 0 Å². The third kappa shape index (κ3) is 2.20. The molecule has 0 bridgehead atoms. The van der Waals surface area contributed by atoms with Crippen LogP contribution in [-0.4, -0.2) is 15.1 Å². The van der Waals surface area contributed by atoms with Gasteiger partial charge in [-0.1, -0.05) is 24.3 Å². The van der Waals surface area contributed by atoms with E-state index in [9.17, 15) is 5.11 Å². The molecule has 18 heavy (non-hydrogen) atoms. The molecule has 3 nitrogen and oxygen atoms in total. The van der Waals surface area contributed by atoms with Crippen molar-refractivity contribution in [3.8, 4) is 5.75 Å². The molecule has 2 aromatic carbocycles. The highest BCUT2D eigenvalue weighted by Gasteiger charge is 2.02. The Morgan fingerprint density at radius 3 is 2.50 bits per heavy atom. The van der Waals surface area contributed by atoms with Gasteiger partial charge < -0.3 is 10.1 Å². The van der Waals surface area contributed by atoms with Crippen molar-refractivity contribution >= 4 is 11.0 Å². The molecular weight excluding hydrogens is 224 g/mol. The molecule has 0 spiro atoms. The molecule has 1 aromatic heterocycles. The Hall–Kier alpha value is -2.29. The minimum Gasteiger partial charge on any atom is -0.508 e. The Bertz CT molecular complexity index is 623. The van der Waals surface area contributed by atoms with Crippen LogP contribution in [-0.2, 0) is 12.8 Å². The summed E-state index contributed by atoms with van der Waals surface area (Å²) in [6, 6.07) is 15.4. The Kier molecular flexibility index (Phi) is 2.73. The zero-order chi connectivity index (χ0) is 12.4. The van der Waals surface area contributed by atoms with Crippen LogP contribution in [0.4, 0.5) is 0 Å². The number of hydrogen-bond acceptors (Lipinski definition) is 2. The maximum atomic E-state index is 9.22. The second-order valence-corrected chi connectivity index (χ2v) is 4.37. The van der Waals surface area contributed by atoms with Gasteiger partial charge in [0.1, 0.15) is 11.6 Å². The maximum Gasteiger partial charge on any atom is 0.115 e. The van der Waals surface area contributed by atoms with Crippen LogP contribution in [0.5, 0.6) is 5.75 Å². The van der Waals surface area contributed by atoms with Crippen molar-refractivity contribution in [3.05, 3.63) is 59.9 Å². The molecule has 3 aromatic rings. The fourth-order valence-corrected chi connectivity index (χ4v) is 2.05. The van der Waals surface area contributed by atoms with Crippen LogP contribution < -0.4 is 0 Å². The van der Waals surface area contributed by atoms with Crippen molar-refractivity contribution in [1.29, 1.82) is 0 Å². The number of rotatable bonds is 3. The molecule has 0 amide bonds. The summed E-state index contributed by atoms with van der Waals surface area (Å²) in [5.74, 6) is 1.31. The molecule has 0 saturated carbocycles. The zero-order valence-corrected chi connectivity index (χ0v) is 9.93. The lowest BCUT2D eigenvalue weighted by atomic mass is 10.1. The van der Waals surface area contributed by atoms with Gasteiger partial charge in [0, 0.05) is 6.42 Å². The number of phenols is 1. The first-order chi connectivity index (χ1) is 8.81. The molecule has 0 saturated heterocycles. The van der Waals surface area contributed by atoms with Gasteiger partial charge in [-0.2, -0.15) is 0 Å². The minimum atomic E-state index is 0.308. The van der Waals surface area contributed by atoms with Gasteiger partial charge in [0.2, 0.25) is 0 Å². The van der Waals surface area contributed by atoms with Crippen LogP contribution in [0.25, 0.3) is 11.0 Å². The summed E-state index contributed by atoms with van der Waals surface area (Å²) in [7, 11) is 0. The molecule has 0 unspecified atom stereocenters. The van der Waals surface area contributed by atoms with E-state index in [0.29, 0.717) is 5.75 Å². The second kappa shape index (κ2) is 4.53. The molecule has 1 heterocycles. The number of phenolic OH excluding ortho intramolecular Hbond substituents is 1. The summed E-state index contributed by atoms with van der Waals surface area (Å²) in [6.45, 7) is 0.